The molecule has 0 amide bonds. The van der Waals surface area contributed by atoms with Crippen LogP contribution in [0.1, 0.15) is 24.1 Å². The first-order valence-electron chi connectivity index (χ1n) is 8.25. The Morgan fingerprint density at radius 1 is 1.24 bits per heavy atom. The van der Waals surface area contributed by atoms with E-state index in [1.165, 1.54) is 18.4 Å². The molecule has 0 aliphatic heterocycles. The highest BCUT2D eigenvalue weighted by atomic mass is 127. The molecule has 0 spiro atoms. The number of hydrogen-bond donors (Lipinski definition) is 2. The number of rotatable bonds is 6. The van der Waals surface area contributed by atoms with Crippen LogP contribution in [0.25, 0.3) is 0 Å². The molecule has 5 nitrogen and oxygen atoms in total. The molecule has 0 bridgehead atoms. The van der Waals surface area contributed by atoms with E-state index in [-0.39, 0.29) is 29.4 Å². The van der Waals surface area contributed by atoms with Crippen LogP contribution in [0.5, 0.6) is 0 Å². The van der Waals surface area contributed by atoms with Crippen LogP contribution in [0, 0.1) is 0 Å². The maximum atomic E-state index is 4.58. The summed E-state index contributed by atoms with van der Waals surface area (Å²) in [5.74, 6) is 0.830. The lowest BCUT2D eigenvalue weighted by atomic mass is 9.96. The average Bonchev–Trinajstić information content (AvgIpc) is 3.24. The van der Waals surface area contributed by atoms with E-state index in [9.17, 15) is 0 Å². The number of halogens is 1. The molecule has 1 aromatic carbocycles. The Morgan fingerprint density at radius 2 is 1.96 bits per heavy atom. The minimum absolute atomic E-state index is 0. The van der Waals surface area contributed by atoms with Crippen molar-refractivity contribution in [1.82, 2.24) is 15.6 Å². The quantitative estimate of drug-likeness (QED) is 0.386. The zero-order chi connectivity index (χ0) is 17.0. The minimum Gasteiger partial charge on any atom is -0.356 e. The number of aliphatic imine (C=N–C) groups is 1. The highest BCUT2D eigenvalue weighted by molar-refractivity contribution is 14.0. The fourth-order valence-electron chi connectivity index (χ4n) is 2.74. The number of guanidine groups is 1. The largest absolute Gasteiger partial charge is 0.356 e. The first kappa shape index (κ1) is 20.0. The van der Waals surface area contributed by atoms with Gasteiger partial charge in [0.25, 0.3) is 0 Å². The fourth-order valence-corrected chi connectivity index (χ4v) is 3.50. The lowest BCUT2D eigenvalue weighted by molar-refractivity contribution is 0.645. The highest BCUT2D eigenvalue weighted by Gasteiger charge is 2.43. The molecular weight excluding hydrogens is 445 g/mol. The Morgan fingerprint density at radius 3 is 2.52 bits per heavy atom. The number of aromatic nitrogens is 1. The molecule has 0 saturated heterocycles. The molecule has 7 heteroatoms. The van der Waals surface area contributed by atoms with Crippen LogP contribution in [-0.4, -0.2) is 38.6 Å². The highest BCUT2D eigenvalue weighted by Crippen LogP contribution is 2.47. The lowest BCUT2D eigenvalue weighted by Crippen LogP contribution is -2.40. The maximum Gasteiger partial charge on any atom is 0.191 e. The first-order chi connectivity index (χ1) is 11.6. The minimum atomic E-state index is 0. The Hall–Kier alpha value is -1.35. The van der Waals surface area contributed by atoms with Crippen molar-refractivity contribution in [1.29, 1.82) is 0 Å². The zero-order valence-corrected chi connectivity index (χ0v) is 18.1. The van der Waals surface area contributed by atoms with Gasteiger partial charge in [0.05, 0.1) is 12.2 Å². The van der Waals surface area contributed by atoms with Gasteiger partial charge in [-0.15, -0.1) is 35.3 Å². The number of nitrogens with zero attached hydrogens (tertiary/aromatic N) is 3. The van der Waals surface area contributed by atoms with E-state index in [0.717, 1.165) is 23.3 Å². The summed E-state index contributed by atoms with van der Waals surface area (Å²) >= 11 is 1.66. The number of hydrogen-bond acceptors (Lipinski definition) is 4. The maximum absolute atomic E-state index is 4.58. The number of nitrogens with one attached hydrogen (secondary N) is 2. The summed E-state index contributed by atoms with van der Waals surface area (Å²) in [5.41, 5.74) is 2.73. The molecule has 2 N–H and O–H groups in total. The van der Waals surface area contributed by atoms with Gasteiger partial charge in [-0.1, -0.05) is 30.3 Å². The molecule has 0 radical (unpaired) electrons. The normalized spacial score (nSPS) is 15.2. The smallest absolute Gasteiger partial charge is 0.191 e. The van der Waals surface area contributed by atoms with E-state index in [0.29, 0.717) is 6.54 Å². The van der Waals surface area contributed by atoms with Crippen molar-refractivity contribution in [3.63, 3.8) is 0 Å². The summed E-state index contributed by atoms with van der Waals surface area (Å²) in [6.45, 7) is 1.60. The van der Waals surface area contributed by atoms with Gasteiger partial charge < -0.3 is 15.5 Å². The van der Waals surface area contributed by atoms with Crippen molar-refractivity contribution in [3.05, 3.63) is 47.0 Å². The first-order valence-corrected chi connectivity index (χ1v) is 9.13. The van der Waals surface area contributed by atoms with Gasteiger partial charge in [0.15, 0.2) is 11.1 Å². The van der Waals surface area contributed by atoms with Gasteiger partial charge in [-0.25, -0.2) is 4.98 Å². The van der Waals surface area contributed by atoms with Crippen LogP contribution in [0.2, 0.25) is 0 Å². The lowest BCUT2D eigenvalue weighted by Gasteiger charge is -2.18. The number of anilines is 1. The van der Waals surface area contributed by atoms with Gasteiger partial charge in [-0.2, -0.15) is 0 Å². The van der Waals surface area contributed by atoms with Crippen LogP contribution in [0.4, 0.5) is 5.13 Å². The standard InChI is InChI=1S/C18H25N5S.HI/c1-19-16(20-11-15-12-24-17(22-15)23(2)3)21-13-18(9-10-18)14-7-5-4-6-8-14;/h4-8,12H,9-11,13H2,1-3H3,(H2,19,20,21);1H. The molecule has 1 aliphatic rings. The predicted octanol–water partition coefficient (Wildman–Crippen LogP) is 3.22. The Balaban J connectivity index is 0.00000225. The second kappa shape index (κ2) is 8.84. The molecule has 1 saturated carbocycles. The predicted molar refractivity (Wildman–Crippen MR) is 117 cm³/mol. The SMILES string of the molecule is CN=C(NCc1csc(N(C)C)n1)NCC1(c2ccccc2)CC1.I. The van der Waals surface area contributed by atoms with Gasteiger partial charge in [-0.3, -0.25) is 4.99 Å². The molecule has 1 fully saturated rings. The van der Waals surface area contributed by atoms with Crippen LogP contribution >= 0.6 is 35.3 Å². The van der Waals surface area contributed by atoms with Gasteiger partial charge in [0.1, 0.15) is 0 Å². The number of thiazole rings is 1. The molecular formula is C18H26IN5S. The van der Waals surface area contributed by atoms with Crippen molar-refractivity contribution in [2.45, 2.75) is 24.8 Å². The Bertz CT molecular complexity index is 695. The monoisotopic (exact) mass is 471 g/mol. The second-order valence-electron chi connectivity index (χ2n) is 6.44. The van der Waals surface area contributed by atoms with E-state index in [1.807, 2.05) is 26.0 Å². The Labute approximate surface area is 171 Å². The Kier molecular flexibility index (Phi) is 7.06. The van der Waals surface area contributed by atoms with Crippen molar-refractivity contribution in [2.75, 3.05) is 32.6 Å². The molecule has 1 aliphatic carbocycles. The van der Waals surface area contributed by atoms with Crippen LogP contribution in [-0.2, 0) is 12.0 Å². The van der Waals surface area contributed by atoms with Crippen molar-refractivity contribution >= 4 is 46.4 Å². The van der Waals surface area contributed by atoms with Gasteiger partial charge in [0.2, 0.25) is 0 Å². The number of benzene rings is 1. The topological polar surface area (TPSA) is 52.6 Å². The molecule has 1 aromatic heterocycles. The summed E-state index contributed by atoms with van der Waals surface area (Å²) in [6.07, 6.45) is 2.47. The molecule has 1 heterocycles. The third-order valence-corrected chi connectivity index (χ3v) is 5.47. The van der Waals surface area contributed by atoms with Crippen molar-refractivity contribution in [3.8, 4) is 0 Å². The van der Waals surface area contributed by atoms with Gasteiger partial charge in [-0.05, 0) is 18.4 Å². The van der Waals surface area contributed by atoms with Crippen LogP contribution in [0.15, 0.2) is 40.7 Å². The molecule has 0 atom stereocenters. The van der Waals surface area contributed by atoms with E-state index >= 15 is 0 Å². The molecule has 0 unspecified atom stereocenters. The summed E-state index contributed by atoms with van der Waals surface area (Å²) < 4.78 is 0. The van der Waals surface area contributed by atoms with E-state index in [2.05, 4.69) is 56.3 Å². The van der Waals surface area contributed by atoms with Gasteiger partial charge in [0, 0.05) is 38.5 Å². The molecule has 136 valence electrons. The van der Waals surface area contributed by atoms with E-state index in [1.54, 1.807) is 11.3 Å². The van der Waals surface area contributed by atoms with Gasteiger partial charge >= 0.3 is 0 Å². The van der Waals surface area contributed by atoms with E-state index in [4.69, 9.17) is 0 Å². The summed E-state index contributed by atoms with van der Waals surface area (Å²) in [5, 5.41) is 9.94. The van der Waals surface area contributed by atoms with Crippen molar-refractivity contribution < 1.29 is 0 Å². The van der Waals surface area contributed by atoms with E-state index < -0.39 is 0 Å². The summed E-state index contributed by atoms with van der Waals surface area (Å²) in [6, 6.07) is 10.8. The summed E-state index contributed by atoms with van der Waals surface area (Å²) in [7, 11) is 5.83. The zero-order valence-electron chi connectivity index (χ0n) is 15.0. The van der Waals surface area contributed by atoms with Crippen LogP contribution < -0.4 is 15.5 Å². The molecule has 3 rings (SSSR count). The summed E-state index contributed by atoms with van der Waals surface area (Å²) in [4.78, 5) is 10.9. The fraction of sp³-hybridized carbons (Fsp3) is 0.444. The van der Waals surface area contributed by atoms with Crippen LogP contribution in [0.3, 0.4) is 0 Å². The average molecular weight is 471 g/mol. The third kappa shape index (κ3) is 5.07. The third-order valence-electron chi connectivity index (χ3n) is 4.42. The molecule has 2 aromatic rings. The van der Waals surface area contributed by atoms with Crippen molar-refractivity contribution in [2.24, 2.45) is 4.99 Å². The molecule has 25 heavy (non-hydrogen) atoms. The second-order valence-corrected chi connectivity index (χ2v) is 7.28.